The predicted octanol–water partition coefficient (Wildman–Crippen LogP) is 12.2. The molecule has 1 aliphatic carbocycles. The number of hydrogen-bond acceptors (Lipinski definition) is 9. The van der Waals surface area contributed by atoms with E-state index >= 15 is 0 Å². The maximum atomic E-state index is 3.78. The lowest BCUT2D eigenvalue weighted by Gasteiger charge is -2.36. The van der Waals surface area contributed by atoms with Crippen LogP contribution in [0.2, 0.25) is 0 Å². The van der Waals surface area contributed by atoms with Crippen molar-refractivity contribution in [2.75, 3.05) is 154 Å². The second kappa shape index (κ2) is 52.2. The number of piperidine rings is 1. The van der Waals surface area contributed by atoms with Gasteiger partial charge in [0.25, 0.3) is 0 Å². The molecule has 6 fully saturated rings. The highest BCUT2D eigenvalue weighted by molar-refractivity contribution is 5.18. The first-order chi connectivity index (χ1) is 34.3. The minimum Gasteiger partial charge on any atom is -0.341 e. The van der Waals surface area contributed by atoms with Crippen molar-refractivity contribution in [3.63, 3.8) is 0 Å². The van der Waals surface area contributed by atoms with Gasteiger partial charge in [0.05, 0.1) is 6.33 Å². The number of aryl methyl sites for hydroxylation is 1. The molecule has 0 amide bonds. The summed E-state index contributed by atoms with van der Waals surface area (Å²) in [5, 5.41) is 0. The molecule has 416 valence electrons. The van der Waals surface area contributed by atoms with Gasteiger partial charge in [-0.3, -0.25) is 4.90 Å². The molecule has 10 heteroatoms. The van der Waals surface area contributed by atoms with Gasteiger partial charge >= 0.3 is 0 Å². The van der Waals surface area contributed by atoms with E-state index in [-0.39, 0.29) is 0 Å². The Hall–Kier alpha value is -2.67. The van der Waals surface area contributed by atoms with Crippen LogP contribution in [0, 0.1) is 11.8 Å². The maximum absolute atomic E-state index is 3.78. The van der Waals surface area contributed by atoms with Crippen LogP contribution in [0.5, 0.6) is 0 Å². The number of hydrogen-bond donors (Lipinski definition) is 0. The summed E-state index contributed by atoms with van der Waals surface area (Å²) in [6.07, 6.45) is 17.0. The highest BCUT2D eigenvalue weighted by Crippen LogP contribution is 2.27. The van der Waals surface area contributed by atoms with E-state index in [9.17, 15) is 0 Å². The largest absolute Gasteiger partial charge is 0.341 e. The summed E-state index contributed by atoms with van der Waals surface area (Å²) in [6.45, 7) is 42.9. The summed E-state index contributed by atoms with van der Waals surface area (Å²) in [5.41, 5.74) is 1.43. The molecule has 6 aliphatic rings. The first-order valence-electron chi connectivity index (χ1n) is 28.8. The van der Waals surface area contributed by atoms with Crippen molar-refractivity contribution in [3.05, 3.63) is 91.0 Å². The normalized spacial score (nSPS) is 21.0. The number of imidazole rings is 1. The Morgan fingerprint density at radius 2 is 0.662 bits per heavy atom. The van der Waals surface area contributed by atoms with E-state index in [2.05, 4.69) is 145 Å². The lowest BCUT2D eigenvalue weighted by atomic mass is 9.84. The molecule has 0 radical (unpaired) electrons. The Labute approximate surface area is 444 Å². The molecule has 1 unspecified atom stereocenters. The standard InChI is InChI=1S/C13H20N2.C8H16.2C6H14N2.C6H13N.C6H6.C4H6N2.C4H9N.4C2H6/c1-12(13-6-4-3-5-7-13)15-10-8-14(2)9-11-15;3*1-7-3-5-8(2)6-4-7;1-7-5-3-2-4-6-7;1-2-4-6-5-3-1;1-6-3-2-5-4-6;1-5-3-2-4-5;4*1-2/h3-7,12H,8-11H2,1-2H3;7-8H,3-6H2,1-2H3;2*3-6H2,1-2H3;2-6H2,1H3;1-6H;2-4H,1H3;2-4H2,1H3;4*1-2H3. The third-order valence-corrected chi connectivity index (χ3v) is 13.1. The first-order valence-corrected chi connectivity index (χ1v) is 28.8. The van der Waals surface area contributed by atoms with Gasteiger partial charge in [-0.05, 0) is 119 Å². The van der Waals surface area contributed by atoms with Crippen LogP contribution in [-0.2, 0) is 7.05 Å². The van der Waals surface area contributed by atoms with Crippen LogP contribution >= 0.6 is 0 Å². The number of likely N-dealkylation sites (tertiary alicyclic amines) is 2. The fourth-order valence-corrected chi connectivity index (χ4v) is 7.63. The summed E-state index contributed by atoms with van der Waals surface area (Å²) in [4.78, 5) is 22.9. The highest BCUT2D eigenvalue weighted by Gasteiger charge is 2.20. The molecule has 1 aromatic heterocycles. The zero-order chi connectivity index (χ0) is 54.1. The van der Waals surface area contributed by atoms with Crippen LogP contribution < -0.4 is 0 Å². The van der Waals surface area contributed by atoms with E-state index in [1.807, 2.05) is 110 Å². The first kappa shape index (κ1) is 72.6. The van der Waals surface area contributed by atoms with E-state index in [1.165, 1.54) is 162 Å². The molecule has 5 aliphatic heterocycles. The van der Waals surface area contributed by atoms with Crippen molar-refractivity contribution in [3.8, 4) is 0 Å². The monoisotopic (exact) mass is 995 g/mol. The molecule has 6 heterocycles. The topological polar surface area (TPSA) is 43.7 Å². The lowest BCUT2D eigenvalue weighted by Crippen LogP contribution is -2.45. The second-order valence-corrected chi connectivity index (χ2v) is 19.4. The number of likely N-dealkylation sites (N-methyl/N-ethyl adjacent to an activating group) is 5. The van der Waals surface area contributed by atoms with Gasteiger partial charge in [-0.1, -0.05) is 168 Å². The minimum absolute atomic E-state index is 0.555. The van der Waals surface area contributed by atoms with Crippen molar-refractivity contribution in [1.29, 1.82) is 0 Å². The Morgan fingerprint density at radius 3 is 0.887 bits per heavy atom. The maximum Gasteiger partial charge on any atom is 0.0943 e. The Kier molecular flexibility index (Phi) is 53.4. The number of piperazine rings is 3. The van der Waals surface area contributed by atoms with Crippen LogP contribution in [0.1, 0.15) is 139 Å². The number of nitrogens with zero attached hydrogens (tertiary/aromatic N) is 10. The van der Waals surface area contributed by atoms with E-state index in [1.54, 1.807) is 12.5 Å². The molecule has 5 saturated heterocycles. The zero-order valence-corrected chi connectivity index (χ0v) is 50.8. The Morgan fingerprint density at radius 1 is 0.380 bits per heavy atom. The van der Waals surface area contributed by atoms with Crippen LogP contribution in [-0.4, -0.2) is 203 Å². The molecule has 2 aromatic carbocycles. The van der Waals surface area contributed by atoms with Gasteiger partial charge in [-0.15, -0.1) is 0 Å². The van der Waals surface area contributed by atoms with Crippen LogP contribution in [0.3, 0.4) is 0 Å². The van der Waals surface area contributed by atoms with E-state index in [0.29, 0.717) is 6.04 Å². The molecule has 71 heavy (non-hydrogen) atoms. The summed E-state index contributed by atoms with van der Waals surface area (Å²) < 4.78 is 1.89. The average Bonchev–Trinajstić information content (AvgIpc) is 3.91. The van der Waals surface area contributed by atoms with Crippen molar-refractivity contribution in [1.82, 2.24) is 48.8 Å². The number of aromatic nitrogens is 2. The molecular weight excluding hydrogens is 873 g/mol. The molecule has 10 nitrogen and oxygen atoms in total. The van der Waals surface area contributed by atoms with Crippen molar-refractivity contribution in [2.45, 2.75) is 134 Å². The summed E-state index contributed by atoms with van der Waals surface area (Å²) in [6, 6.07) is 23.3. The van der Waals surface area contributed by atoms with Crippen LogP contribution in [0.15, 0.2) is 85.5 Å². The van der Waals surface area contributed by atoms with Gasteiger partial charge in [-0.2, -0.15) is 0 Å². The fourth-order valence-electron chi connectivity index (χ4n) is 7.63. The van der Waals surface area contributed by atoms with E-state index < -0.39 is 0 Å². The smallest absolute Gasteiger partial charge is 0.0943 e. The molecule has 1 saturated carbocycles. The van der Waals surface area contributed by atoms with Crippen molar-refractivity contribution in [2.24, 2.45) is 18.9 Å². The second-order valence-electron chi connectivity index (χ2n) is 19.4. The zero-order valence-electron chi connectivity index (χ0n) is 50.8. The van der Waals surface area contributed by atoms with E-state index in [4.69, 9.17) is 0 Å². The number of rotatable bonds is 2. The summed E-state index contributed by atoms with van der Waals surface area (Å²) in [7, 11) is 17.2. The highest BCUT2D eigenvalue weighted by atomic mass is 15.3. The molecule has 0 N–H and O–H groups in total. The SMILES string of the molecule is CC.CC.CC.CC.CC(c1ccccc1)N1CCN(C)CC1.CC1CCC(C)CC1.CN1CCC1.CN1CCCCC1.CN1CCN(C)CC1.CN1CCN(C)CC1.Cn1ccnc1.c1ccccc1. The van der Waals surface area contributed by atoms with Gasteiger partial charge in [0, 0.05) is 104 Å². The predicted molar refractivity (Wildman–Crippen MR) is 319 cm³/mol. The Bertz CT molecular complexity index is 1270. The fraction of sp³-hybridized carbons (Fsp3) is 0.754. The third kappa shape index (κ3) is 44.5. The lowest BCUT2D eigenvalue weighted by molar-refractivity contribution is 0.119. The molecule has 0 spiro atoms. The molecule has 0 bridgehead atoms. The molecule has 9 rings (SSSR count). The third-order valence-electron chi connectivity index (χ3n) is 13.1. The quantitative estimate of drug-likeness (QED) is 0.250. The Balaban J connectivity index is -0.000000744. The molecule has 1 atom stereocenters. The van der Waals surface area contributed by atoms with Gasteiger partial charge in [0.1, 0.15) is 0 Å². The average molecular weight is 996 g/mol. The van der Waals surface area contributed by atoms with Gasteiger partial charge in [0.15, 0.2) is 0 Å². The van der Waals surface area contributed by atoms with Crippen molar-refractivity contribution >= 4 is 0 Å². The van der Waals surface area contributed by atoms with E-state index in [0.717, 1.165) is 11.8 Å². The van der Waals surface area contributed by atoms with Crippen LogP contribution in [0.25, 0.3) is 0 Å². The van der Waals surface area contributed by atoms with Gasteiger partial charge < -0.3 is 38.9 Å². The minimum atomic E-state index is 0.555. The summed E-state index contributed by atoms with van der Waals surface area (Å²) in [5.74, 6) is 2.04. The van der Waals surface area contributed by atoms with Gasteiger partial charge in [-0.25, -0.2) is 4.98 Å². The number of benzene rings is 2. The molecule has 3 aromatic rings. The summed E-state index contributed by atoms with van der Waals surface area (Å²) >= 11 is 0. The van der Waals surface area contributed by atoms with Crippen molar-refractivity contribution < 1.29 is 0 Å². The van der Waals surface area contributed by atoms with Gasteiger partial charge in [0.2, 0.25) is 0 Å². The molecular formula is C61H122N10. The van der Waals surface area contributed by atoms with Crippen LogP contribution in [0.4, 0.5) is 0 Å².